The topological polar surface area (TPSA) is 9.23 Å². The second kappa shape index (κ2) is 14.3. The van der Waals surface area contributed by atoms with E-state index in [1.54, 1.807) is 7.11 Å². The predicted molar refractivity (Wildman–Crippen MR) is 100 cm³/mol. The number of methoxy groups -OCH3 is 1. The monoisotopic (exact) mass is 310 g/mol. The Bertz CT molecular complexity index is 267. The van der Waals surface area contributed by atoms with Gasteiger partial charge in [0, 0.05) is 7.11 Å². The number of rotatable bonds is 14. The zero-order valence-corrected chi connectivity index (χ0v) is 16.3. The van der Waals surface area contributed by atoms with Crippen LogP contribution in [0.5, 0.6) is 0 Å². The van der Waals surface area contributed by atoms with Crippen LogP contribution in [0.2, 0.25) is 0 Å². The van der Waals surface area contributed by atoms with Crippen molar-refractivity contribution in [3.8, 4) is 0 Å². The molecule has 0 aromatic carbocycles. The van der Waals surface area contributed by atoms with E-state index in [1.165, 1.54) is 63.4 Å². The van der Waals surface area contributed by atoms with Gasteiger partial charge in [0.2, 0.25) is 0 Å². The van der Waals surface area contributed by atoms with Crippen LogP contribution in [0.3, 0.4) is 0 Å². The molecule has 0 aromatic heterocycles. The molecule has 0 aliphatic heterocycles. The Labute approximate surface area is 140 Å². The summed E-state index contributed by atoms with van der Waals surface area (Å²) in [7, 11) is 1.76. The molecule has 0 radical (unpaired) electrons. The summed E-state index contributed by atoms with van der Waals surface area (Å²) in [4.78, 5) is 0. The molecule has 1 nitrogen and oxygen atoms in total. The third-order valence-corrected chi connectivity index (χ3v) is 4.74. The maximum atomic E-state index is 5.08. The molecule has 0 aliphatic carbocycles. The maximum absolute atomic E-state index is 5.08. The summed E-state index contributed by atoms with van der Waals surface area (Å²) >= 11 is 0. The van der Waals surface area contributed by atoms with Gasteiger partial charge in [-0.1, -0.05) is 84.3 Å². The summed E-state index contributed by atoms with van der Waals surface area (Å²) in [6.45, 7) is 12.5. The van der Waals surface area contributed by atoms with Crippen molar-refractivity contribution in [2.75, 3.05) is 13.7 Å². The van der Waals surface area contributed by atoms with E-state index in [0.29, 0.717) is 0 Å². The van der Waals surface area contributed by atoms with Crippen molar-refractivity contribution in [2.45, 2.75) is 92.4 Å². The second-order valence-electron chi connectivity index (χ2n) is 7.86. The fraction of sp³-hybridized carbons (Fsp3) is 0.905. The van der Waals surface area contributed by atoms with E-state index < -0.39 is 0 Å². The average Bonchev–Trinajstić information content (AvgIpc) is 2.44. The smallest absolute Gasteiger partial charge is 0.0646 e. The number of hydrogen-bond donors (Lipinski definition) is 0. The number of ether oxygens (including phenoxy) is 1. The van der Waals surface area contributed by atoms with Crippen LogP contribution in [0.4, 0.5) is 0 Å². The number of allylic oxidation sites excluding steroid dienone is 1. The van der Waals surface area contributed by atoms with Gasteiger partial charge in [0.05, 0.1) is 6.61 Å². The minimum absolute atomic E-state index is 0.760. The molecule has 1 heteroatoms. The fourth-order valence-corrected chi connectivity index (χ4v) is 3.04. The largest absolute Gasteiger partial charge is 0.381 e. The Balaban J connectivity index is 3.54. The van der Waals surface area contributed by atoms with Crippen LogP contribution in [0.25, 0.3) is 0 Å². The van der Waals surface area contributed by atoms with Crippen LogP contribution in [-0.2, 0) is 4.74 Å². The van der Waals surface area contributed by atoms with E-state index in [-0.39, 0.29) is 0 Å². The second-order valence-corrected chi connectivity index (χ2v) is 7.86. The van der Waals surface area contributed by atoms with Crippen LogP contribution in [0.1, 0.15) is 92.4 Å². The zero-order chi connectivity index (χ0) is 16.8. The molecule has 0 aromatic rings. The lowest BCUT2D eigenvalue weighted by Gasteiger charge is -2.15. The van der Waals surface area contributed by atoms with E-state index in [1.807, 2.05) is 0 Å². The van der Waals surface area contributed by atoms with Crippen molar-refractivity contribution in [1.29, 1.82) is 0 Å². The Morgan fingerprint density at radius 2 is 1.32 bits per heavy atom. The highest BCUT2D eigenvalue weighted by Gasteiger charge is 2.06. The van der Waals surface area contributed by atoms with Gasteiger partial charge in [-0.25, -0.2) is 0 Å². The van der Waals surface area contributed by atoms with Crippen LogP contribution >= 0.6 is 0 Å². The Hall–Kier alpha value is -0.300. The van der Waals surface area contributed by atoms with E-state index in [0.717, 1.165) is 24.4 Å². The van der Waals surface area contributed by atoms with Crippen molar-refractivity contribution >= 4 is 0 Å². The van der Waals surface area contributed by atoms with Gasteiger partial charge in [0.1, 0.15) is 0 Å². The first-order valence-electron chi connectivity index (χ1n) is 9.60. The van der Waals surface area contributed by atoms with Gasteiger partial charge in [-0.05, 0) is 37.5 Å². The Kier molecular flexibility index (Phi) is 14.1. The minimum Gasteiger partial charge on any atom is -0.381 e. The summed E-state index contributed by atoms with van der Waals surface area (Å²) in [6.07, 6.45) is 14.7. The molecule has 0 aliphatic rings. The van der Waals surface area contributed by atoms with Gasteiger partial charge < -0.3 is 4.74 Å². The van der Waals surface area contributed by atoms with E-state index in [9.17, 15) is 0 Å². The van der Waals surface area contributed by atoms with Crippen LogP contribution in [0.15, 0.2) is 11.6 Å². The minimum atomic E-state index is 0.760. The first-order valence-corrected chi connectivity index (χ1v) is 9.60. The van der Waals surface area contributed by atoms with Crippen LogP contribution < -0.4 is 0 Å². The van der Waals surface area contributed by atoms with Crippen molar-refractivity contribution in [3.05, 3.63) is 11.6 Å². The highest BCUT2D eigenvalue weighted by Crippen LogP contribution is 2.21. The summed E-state index contributed by atoms with van der Waals surface area (Å²) in [5.41, 5.74) is 1.48. The summed E-state index contributed by atoms with van der Waals surface area (Å²) < 4.78 is 5.08. The molecular formula is C21H42O. The van der Waals surface area contributed by atoms with Crippen molar-refractivity contribution < 1.29 is 4.74 Å². The van der Waals surface area contributed by atoms with E-state index in [4.69, 9.17) is 4.74 Å². The van der Waals surface area contributed by atoms with Gasteiger partial charge >= 0.3 is 0 Å². The summed E-state index contributed by atoms with van der Waals surface area (Å²) in [5, 5.41) is 0. The lowest BCUT2D eigenvalue weighted by molar-refractivity contribution is 0.233. The van der Waals surface area contributed by atoms with Gasteiger partial charge in [-0.2, -0.15) is 0 Å². The molecule has 0 N–H and O–H groups in total. The molecule has 0 saturated heterocycles. The lowest BCUT2D eigenvalue weighted by atomic mass is 9.91. The van der Waals surface area contributed by atoms with Gasteiger partial charge in [0.15, 0.2) is 0 Å². The highest BCUT2D eigenvalue weighted by atomic mass is 16.5. The Morgan fingerprint density at radius 1 is 0.818 bits per heavy atom. The molecule has 0 saturated carbocycles. The van der Waals surface area contributed by atoms with Gasteiger partial charge in [0.25, 0.3) is 0 Å². The highest BCUT2D eigenvalue weighted by molar-refractivity contribution is 4.97. The maximum Gasteiger partial charge on any atom is 0.0646 e. The van der Waals surface area contributed by atoms with Crippen molar-refractivity contribution in [2.24, 2.45) is 17.8 Å². The van der Waals surface area contributed by atoms with Gasteiger partial charge in [-0.3, -0.25) is 0 Å². The van der Waals surface area contributed by atoms with Crippen molar-refractivity contribution in [1.82, 2.24) is 0 Å². The average molecular weight is 311 g/mol. The van der Waals surface area contributed by atoms with E-state index >= 15 is 0 Å². The molecule has 22 heavy (non-hydrogen) atoms. The third kappa shape index (κ3) is 14.6. The van der Waals surface area contributed by atoms with Crippen LogP contribution in [0, 0.1) is 17.8 Å². The molecule has 0 spiro atoms. The fourth-order valence-electron chi connectivity index (χ4n) is 3.04. The molecule has 2 atom stereocenters. The molecular weight excluding hydrogens is 268 g/mol. The Morgan fingerprint density at radius 3 is 1.82 bits per heavy atom. The summed E-state index contributed by atoms with van der Waals surface area (Å²) in [6, 6.07) is 0. The first-order chi connectivity index (χ1) is 10.5. The number of hydrogen-bond acceptors (Lipinski definition) is 1. The molecule has 0 bridgehead atoms. The normalized spacial score (nSPS) is 15.3. The van der Waals surface area contributed by atoms with E-state index in [2.05, 4.69) is 40.7 Å². The standard InChI is InChI=1S/C21H42O/c1-18(2)10-7-11-19(3)12-8-13-20(4)14-9-15-21(5)16-17-22-6/h16,18-20H,7-15,17H2,1-6H3. The lowest BCUT2D eigenvalue weighted by Crippen LogP contribution is -2.00. The zero-order valence-electron chi connectivity index (χ0n) is 16.3. The molecule has 2 unspecified atom stereocenters. The van der Waals surface area contributed by atoms with Gasteiger partial charge in [-0.15, -0.1) is 0 Å². The quantitative estimate of drug-likeness (QED) is 0.313. The summed E-state index contributed by atoms with van der Waals surface area (Å²) in [5.74, 6) is 2.68. The molecule has 0 rings (SSSR count). The predicted octanol–water partition coefficient (Wildman–Crippen LogP) is 7.02. The molecule has 0 amide bonds. The third-order valence-electron chi connectivity index (χ3n) is 4.74. The molecule has 0 heterocycles. The first kappa shape index (κ1) is 21.7. The molecule has 0 fully saturated rings. The SMILES string of the molecule is COCC=C(C)CCCC(C)CCCC(C)CCCC(C)C. The molecule has 132 valence electrons. The van der Waals surface area contributed by atoms with Crippen LogP contribution in [-0.4, -0.2) is 13.7 Å². The van der Waals surface area contributed by atoms with Crippen molar-refractivity contribution in [3.63, 3.8) is 0 Å².